The van der Waals surface area contributed by atoms with E-state index in [4.69, 9.17) is 4.74 Å². The van der Waals surface area contributed by atoms with Crippen molar-refractivity contribution in [1.82, 2.24) is 0 Å². The highest BCUT2D eigenvalue weighted by Crippen LogP contribution is 2.26. The van der Waals surface area contributed by atoms with Crippen molar-refractivity contribution >= 4 is 38.9 Å². The van der Waals surface area contributed by atoms with E-state index in [-0.39, 0.29) is 5.12 Å². The third kappa shape index (κ3) is 4.41. The molecule has 0 spiro atoms. The normalized spacial score (nSPS) is 10.7. The lowest BCUT2D eigenvalue weighted by molar-refractivity contribution is -0.109. The molecule has 0 unspecified atom stereocenters. The molecule has 0 fully saturated rings. The van der Waals surface area contributed by atoms with Crippen LogP contribution < -0.4 is 4.74 Å². The van der Waals surface area contributed by atoms with Gasteiger partial charge in [-0.05, 0) is 33.6 Å². The summed E-state index contributed by atoms with van der Waals surface area (Å²) in [6.45, 7) is 1.57. The van der Waals surface area contributed by atoms with Crippen molar-refractivity contribution < 1.29 is 9.53 Å². The SMILES string of the molecule is COc1cc(C=CCSC(C)=O)ccc1Br. The van der Waals surface area contributed by atoms with E-state index < -0.39 is 0 Å². The Balaban J connectivity index is 2.63. The van der Waals surface area contributed by atoms with Crippen LogP contribution in [0.1, 0.15) is 12.5 Å². The summed E-state index contributed by atoms with van der Waals surface area (Å²) in [5, 5.41) is 0.137. The number of methoxy groups -OCH3 is 1. The summed E-state index contributed by atoms with van der Waals surface area (Å²) in [5.41, 5.74) is 1.06. The van der Waals surface area contributed by atoms with E-state index in [1.807, 2.05) is 30.4 Å². The second kappa shape index (κ2) is 6.76. The van der Waals surface area contributed by atoms with Gasteiger partial charge in [-0.1, -0.05) is 30.0 Å². The molecule has 0 aliphatic rings. The molecule has 0 heterocycles. The number of halogens is 1. The second-order valence-corrected chi connectivity index (χ2v) is 5.15. The first kappa shape index (κ1) is 13.3. The molecular formula is C12H13BrO2S. The number of carbonyl (C=O) groups is 1. The minimum Gasteiger partial charge on any atom is -0.496 e. The molecule has 0 saturated carbocycles. The zero-order valence-electron chi connectivity index (χ0n) is 9.20. The molecule has 0 N–H and O–H groups in total. The van der Waals surface area contributed by atoms with Crippen LogP contribution >= 0.6 is 27.7 Å². The molecule has 1 aromatic rings. The van der Waals surface area contributed by atoms with Gasteiger partial charge in [0.1, 0.15) is 5.75 Å². The number of benzene rings is 1. The molecule has 0 radical (unpaired) electrons. The van der Waals surface area contributed by atoms with Crippen LogP contribution in [0.2, 0.25) is 0 Å². The van der Waals surface area contributed by atoms with E-state index in [9.17, 15) is 4.79 Å². The van der Waals surface area contributed by atoms with Gasteiger partial charge >= 0.3 is 0 Å². The topological polar surface area (TPSA) is 26.3 Å². The van der Waals surface area contributed by atoms with Gasteiger partial charge in [-0.2, -0.15) is 0 Å². The number of thioether (sulfide) groups is 1. The summed E-state index contributed by atoms with van der Waals surface area (Å²) in [7, 11) is 1.64. The quantitative estimate of drug-likeness (QED) is 0.847. The zero-order chi connectivity index (χ0) is 12.0. The van der Waals surface area contributed by atoms with Crippen LogP contribution in [0.15, 0.2) is 28.7 Å². The third-order valence-corrected chi connectivity index (χ3v) is 3.29. The number of carbonyl (C=O) groups excluding carboxylic acids is 1. The van der Waals surface area contributed by atoms with E-state index in [1.54, 1.807) is 14.0 Å². The minimum atomic E-state index is 0.137. The van der Waals surface area contributed by atoms with Crippen molar-refractivity contribution in [2.75, 3.05) is 12.9 Å². The van der Waals surface area contributed by atoms with Gasteiger partial charge in [0.25, 0.3) is 0 Å². The molecule has 1 aromatic carbocycles. The molecule has 86 valence electrons. The number of rotatable bonds is 4. The van der Waals surface area contributed by atoms with E-state index >= 15 is 0 Å². The van der Waals surface area contributed by atoms with Crippen molar-refractivity contribution in [2.45, 2.75) is 6.92 Å². The molecule has 2 nitrogen and oxygen atoms in total. The predicted molar refractivity (Wildman–Crippen MR) is 72.9 cm³/mol. The van der Waals surface area contributed by atoms with Gasteiger partial charge in [0.05, 0.1) is 11.6 Å². The van der Waals surface area contributed by atoms with E-state index in [0.29, 0.717) is 5.75 Å². The summed E-state index contributed by atoms with van der Waals surface area (Å²) in [4.78, 5) is 10.7. The Kier molecular flexibility index (Phi) is 5.63. The fourth-order valence-corrected chi connectivity index (χ4v) is 1.97. The zero-order valence-corrected chi connectivity index (χ0v) is 11.6. The van der Waals surface area contributed by atoms with Crippen molar-refractivity contribution in [3.8, 4) is 5.75 Å². The maximum Gasteiger partial charge on any atom is 0.186 e. The van der Waals surface area contributed by atoms with Gasteiger partial charge in [0.2, 0.25) is 0 Å². The first-order valence-electron chi connectivity index (χ1n) is 4.77. The number of ether oxygens (including phenoxy) is 1. The summed E-state index contributed by atoms with van der Waals surface area (Å²) < 4.78 is 6.13. The van der Waals surface area contributed by atoms with Crippen LogP contribution in [0, 0.1) is 0 Å². The molecule has 1 rings (SSSR count). The van der Waals surface area contributed by atoms with Gasteiger partial charge in [0, 0.05) is 12.7 Å². The fraction of sp³-hybridized carbons (Fsp3) is 0.250. The highest BCUT2D eigenvalue weighted by Gasteiger charge is 1.99. The molecule has 0 aliphatic heterocycles. The minimum absolute atomic E-state index is 0.137. The highest BCUT2D eigenvalue weighted by molar-refractivity contribution is 9.10. The lowest BCUT2D eigenvalue weighted by Gasteiger charge is -2.03. The summed E-state index contributed by atoms with van der Waals surface area (Å²) >= 11 is 4.69. The van der Waals surface area contributed by atoms with Crippen LogP contribution in [0.5, 0.6) is 5.75 Å². The monoisotopic (exact) mass is 300 g/mol. The second-order valence-electron chi connectivity index (χ2n) is 3.10. The van der Waals surface area contributed by atoms with E-state index in [0.717, 1.165) is 15.8 Å². The van der Waals surface area contributed by atoms with Gasteiger partial charge in [-0.3, -0.25) is 4.79 Å². The average Bonchev–Trinajstić information content (AvgIpc) is 2.26. The Hall–Kier alpha value is -0.740. The van der Waals surface area contributed by atoms with Crippen LogP contribution in [0.4, 0.5) is 0 Å². The summed E-state index contributed by atoms with van der Waals surface area (Å²) in [5.74, 6) is 1.51. The fourth-order valence-electron chi connectivity index (χ4n) is 1.13. The molecule has 16 heavy (non-hydrogen) atoms. The van der Waals surface area contributed by atoms with Gasteiger partial charge < -0.3 is 4.74 Å². The van der Waals surface area contributed by atoms with Crippen molar-refractivity contribution in [3.63, 3.8) is 0 Å². The van der Waals surface area contributed by atoms with Gasteiger partial charge in [0.15, 0.2) is 5.12 Å². The van der Waals surface area contributed by atoms with Crippen LogP contribution in [-0.2, 0) is 4.79 Å². The average molecular weight is 301 g/mol. The maximum atomic E-state index is 10.7. The standard InChI is InChI=1S/C12H13BrO2S/c1-9(14)16-7-3-4-10-5-6-11(13)12(8-10)15-2/h3-6,8H,7H2,1-2H3. The molecule has 0 aromatic heterocycles. The number of hydrogen-bond acceptors (Lipinski definition) is 3. The molecular weight excluding hydrogens is 288 g/mol. The Morgan fingerprint density at radius 2 is 2.31 bits per heavy atom. The van der Waals surface area contributed by atoms with E-state index in [1.165, 1.54) is 11.8 Å². The smallest absolute Gasteiger partial charge is 0.186 e. The lowest BCUT2D eigenvalue weighted by atomic mass is 10.2. The Labute approximate surface area is 108 Å². The highest BCUT2D eigenvalue weighted by atomic mass is 79.9. The molecule has 0 saturated heterocycles. The van der Waals surface area contributed by atoms with Crippen molar-refractivity contribution in [2.24, 2.45) is 0 Å². The largest absolute Gasteiger partial charge is 0.496 e. The third-order valence-electron chi connectivity index (χ3n) is 1.87. The molecule has 4 heteroatoms. The molecule has 0 bridgehead atoms. The Morgan fingerprint density at radius 3 is 2.94 bits per heavy atom. The van der Waals surface area contributed by atoms with Gasteiger partial charge in [-0.25, -0.2) is 0 Å². The summed E-state index contributed by atoms with van der Waals surface area (Å²) in [6, 6.07) is 5.87. The van der Waals surface area contributed by atoms with Crippen LogP contribution in [0.3, 0.4) is 0 Å². The first-order chi connectivity index (χ1) is 7.63. The molecule has 0 amide bonds. The number of hydrogen-bond donors (Lipinski definition) is 0. The Bertz CT molecular complexity index is 402. The molecule has 0 aliphatic carbocycles. The predicted octanol–water partition coefficient (Wildman–Crippen LogP) is 3.75. The van der Waals surface area contributed by atoms with Crippen molar-refractivity contribution in [1.29, 1.82) is 0 Å². The first-order valence-corrected chi connectivity index (χ1v) is 6.55. The molecule has 0 atom stereocenters. The summed E-state index contributed by atoms with van der Waals surface area (Å²) in [6.07, 6.45) is 3.94. The lowest BCUT2D eigenvalue weighted by Crippen LogP contribution is -1.85. The maximum absolute atomic E-state index is 10.7. The van der Waals surface area contributed by atoms with Crippen molar-refractivity contribution in [3.05, 3.63) is 34.3 Å². The van der Waals surface area contributed by atoms with Crippen LogP contribution in [0.25, 0.3) is 6.08 Å². The van der Waals surface area contributed by atoms with E-state index in [2.05, 4.69) is 15.9 Å². The van der Waals surface area contributed by atoms with Crippen LogP contribution in [-0.4, -0.2) is 18.0 Å². The van der Waals surface area contributed by atoms with Gasteiger partial charge in [-0.15, -0.1) is 0 Å². The Morgan fingerprint density at radius 1 is 1.56 bits per heavy atom.